The van der Waals surface area contributed by atoms with Crippen molar-refractivity contribution < 1.29 is 9.18 Å². The Morgan fingerprint density at radius 2 is 1.73 bits per heavy atom. The van der Waals surface area contributed by atoms with Gasteiger partial charge in [-0.25, -0.2) is 9.07 Å². The summed E-state index contributed by atoms with van der Waals surface area (Å²) < 4.78 is 15.0. The molecule has 1 saturated heterocycles. The number of aryl methyl sites for hydroxylation is 2. The summed E-state index contributed by atoms with van der Waals surface area (Å²) in [6.07, 6.45) is 0. The summed E-state index contributed by atoms with van der Waals surface area (Å²) >= 11 is 0. The molecule has 8 nitrogen and oxygen atoms in total. The van der Waals surface area contributed by atoms with Crippen LogP contribution in [0.15, 0.2) is 36.4 Å². The highest BCUT2D eigenvalue weighted by molar-refractivity contribution is 5.73. The van der Waals surface area contributed by atoms with Crippen molar-refractivity contribution in [2.75, 3.05) is 36.4 Å². The first-order valence-electron chi connectivity index (χ1n) is 9.85. The van der Waals surface area contributed by atoms with E-state index in [0.717, 1.165) is 22.9 Å². The zero-order valence-electron chi connectivity index (χ0n) is 17.3. The molecule has 0 aliphatic carbocycles. The number of rotatable bonds is 4. The number of benzene rings is 1. The standard InChI is InChI=1S/C21H24FN7O/c1-14-12-15(2)29(26-14)21-24-19(23-18-6-4-17(22)5-7-18)13-20(25-21)28-10-8-27(9-11-28)16(3)30/h4-7,12-13H,8-11H2,1-3H3,(H,23,24,25). The van der Waals surface area contributed by atoms with E-state index in [4.69, 9.17) is 4.98 Å². The lowest BCUT2D eigenvalue weighted by atomic mass is 10.3. The van der Waals surface area contributed by atoms with Crippen molar-refractivity contribution in [3.05, 3.63) is 53.6 Å². The molecule has 1 aliphatic rings. The highest BCUT2D eigenvalue weighted by atomic mass is 19.1. The van der Waals surface area contributed by atoms with Crippen molar-refractivity contribution in [1.82, 2.24) is 24.6 Å². The minimum atomic E-state index is -0.296. The Hall–Kier alpha value is -3.49. The molecule has 30 heavy (non-hydrogen) atoms. The minimum absolute atomic E-state index is 0.0827. The van der Waals surface area contributed by atoms with Crippen molar-refractivity contribution in [1.29, 1.82) is 0 Å². The van der Waals surface area contributed by atoms with Gasteiger partial charge in [-0.3, -0.25) is 4.79 Å². The molecule has 0 radical (unpaired) electrons. The fraction of sp³-hybridized carbons (Fsp3) is 0.333. The maximum Gasteiger partial charge on any atom is 0.254 e. The molecule has 2 aromatic heterocycles. The Labute approximate surface area is 174 Å². The van der Waals surface area contributed by atoms with Crippen LogP contribution < -0.4 is 10.2 Å². The first-order valence-corrected chi connectivity index (χ1v) is 9.85. The van der Waals surface area contributed by atoms with Gasteiger partial charge in [0.25, 0.3) is 5.95 Å². The predicted octanol–water partition coefficient (Wildman–Crippen LogP) is 2.83. The number of anilines is 3. The van der Waals surface area contributed by atoms with Gasteiger partial charge in [0.05, 0.1) is 5.69 Å². The average Bonchev–Trinajstić information content (AvgIpc) is 3.07. The molecule has 9 heteroatoms. The van der Waals surface area contributed by atoms with Crippen molar-refractivity contribution >= 4 is 23.2 Å². The number of aromatic nitrogens is 4. The van der Waals surface area contributed by atoms with Crippen molar-refractivity contribution in [3.63, 3.8) is 0 Å². The van der Waals surface area contributed by atoms with E-state index < -0.39 is 0 Å². The number of hydrogen-bond donors (Lipinski definition) is 1. The third-order valence-corrected chi connectivity index (χ3v) is 5.07. The molecule has 4 rings (SSSR count). The van der Waals surface area contributed by atoms with Crippen LogP contribution in [0.25, 0.3) is 5.95 Å². The van der Waals surface area contributed by atoms with E-state index >= 15 is 0 Å². The van der Waals surface area contributed by atoms with Crippen LogP contribution in [0.1, 0.15) is 18.3 Å². The summed E-state index contributed by atoms with van der Waals surface area (Å²) in [4.78, 5) is 25.0. The molecule has 0 saturated carbocycles. The third-order valence-electron chi connectivity index (χ3n) is 5.07. The SMILES string of the molecule is CC(=O)N1CCN(c2cc(Nc3ccc(F)cc3)nc(-n3nc(C)cc3C)n2)CC1. The highest BCUT2D eigenvalue weighted by Gasteiger charge is 2.21. The number of amides is 1. The number of nitrogens with zero attached hydrogens (tertiary/aromatic N) is 6. The average molecular weight is 409 g/mol. The van der Waals surface area contributed by atoms with Gasteiger partial charge in [0.2, 0.25) is 5.91 Å². The number of nitrogens with one attached hydrogen (secondary N) is 1. The molecular weight excluding hydrogens is 385 g/mol. The number of carbonyl (C=O) groups is 1. The summed E-state index contributed by atoms with van der Waals surface area (Å²) in [6.45, 7) is 8.13. The van der Waals surface area contributed by atoms with Gasteiger partial charge in [-0.05, 0) is 44.2 Å². The van der Waals surface area contributed by atoms with Crippen LogP contribution in [0.2, 0.25) is 0 Å². The maximum atomic E-state index is 13.3. The van der Waals surface area contributed by atoms with Gasteiger partial charge in [0.15, 0.2) is 0 Å². The fourth-order valence-electron chi connectivity index (χ4n) is 3.51. The normalized spacial score (nSPS) is 14.1. The Balaban J connectivity index is 1.68. The summed E-state index contributed by atoms with van der Waals surface area (Å²) in [5.74, 6) is 1.58. The van der Waals surface area contributed by atoms with Gasteiger partial charge in [-0.15, -0.1) is 0 Å². The van der Waals surface area contributed by atoms with Gasteiger partial charge in [0, 0.05) is 50.6 Å². The summed E-state index contributed by atoms with van der Waals surface area (Å²) in [7, 11) is 0. The van der Waals surface area contributed by atoms with Crippen molar-refractivity contribution in [2.24, 2.45) is 0 Å². The molecule has 1 aromatic carbocycles. The fourth-order valence-corrected chi connectivity index (χ4v) is 3.51. The summed E-state index contributed by atoms with van der Waals surface area (Å²) in [6, 6.07) is 9.94. The molecule has 3 aromatic rings. The second-order valence-corrected chi connectivity index (χ2v) is 7.38. The van der Waals surface area contributed by atoms with Crippen LogP contribution in [0.3, 0.4) is 0 Å². The highest BCUT2D eigenvalue weighted by Crippen LogP contribution is 2.23. The molecule has 0 spiro atoms. The van der Waals surface area contributed by atoms with E-state index in [1.807, 2.05) is 30.9 Å². The number of carbonyl (C=O) groups excluding carboxylic acids is 1. The van der Waals surface area contributed by atoms with Crippen LogP contribution in [0, 0.1) is 19.7 Å². The first kappa shape index (κ1) is 19.8. The molecule has 1 N–H and O–H groups in total. The zero-order valence-corrected chi connectivity index (χ0v) is 17.3. The number of piperazine rings is 1. The molecule has 0 atom stereocenters. The van der Waals surface area contributed by atoms with E-state index in [-0.39, 0.29) is 11.7 Å². The first-order chi connectivity index (χ1) is 14.4. The molecule has 0 unspecified atom stereocenters. The van der Waals surface area contributed by atoms with Crippen molar-refractivity contribution in [2.45, 2.75) is 20.8 Å². The Morgan fingerprint density at radius 1 is 1.03 bits per heavy atom. The lowest BCUT2D eigenvalue weighted by Crippen LogP contribution is -2.48. The van der Waals surface area contributed by atoms with Crippen LogP contribution in [-0.2, 0) is 4.79 Å². The number of halogens is 1. The van der Waals surface area contributed by atoms with Gasteiger partial charge >= 0.3 is 0 Å². The molecule has 1 amide bonds. The van der Waals surface area contributed by atoms with E-state index in [1.54, 1.807) is 23.7 Å². The number of hydrogen-bond acceptors (Lipinski definition) is 6. The van der Waals surface area contributed by atoms with Crippen LogP contribution in [0.5, 0.6) is 0 Å². The van der Waals surface area contributed by atoms with E-state index in [1.165, 1.54) is 12.1 Å². The lowest BCUT2D eigenvalue weighted by Gasteiger charge is -2.35. The molecular formula is C21H24FN7O. The van der Waals surface area contributed by atoms with Gasteiger partial charge < -0.3 is 15.1 Å². The molecule has 0 bridgehead atoms. The zero-order chi connectivity index (χ0) is 21.3. The Morgan fingerprint density at radius 3 is 2.33 bits per heavy atom. The molecule has 3 heterocycles. The Bertz CT molecular complexity index is 1060. The van der Waals surface area contributed by atoms with E-state index in [9.17, 15) is 9.18 Å². The van der Waals surface area contributed by atoms with E-state index in [0.29, 0.717) is 37.9 Å². The minimum Gasteiger partial charge on any atom is -0.353 e. The van der Waals surface area contributed by atoms with E-state index in [2.05, 4.69) is 20.3 Å². The van der Waals surface area contributed by atoms with Gasteiger partial charge in [0.1, 0.15) is 17.5 Å². The summed E-state index contributed by atoms with van der Waals surface area (Å²) in [5.41, 5.74) is 2.53. The quantitative estimate of drug-likeness (QED) is 0.714. The van der Waals surface area contributed by atoms with Crippen molar-refractivity contribution in [3.8, 4) is 5.95 Å². The van der Waals surface area contributed by atoms with Crippen LogP contribution >= 0.6 is 0 Å². The third kappa shape index (κ3) is 4.24. The molecule has 1 aliphatic heterocycles. The lowest BCUT2D eigenvalue weighted by molar-refractivity contribution is -0.129. The maximum absolute atomic E-state index is 13.3. The largest absolute Gasteiger partial charge is 0.353 e. The molecule has 156 valence electrons. The monoisotopic (exact) mass is 409 g/mol. The van der Waals surface area contributed by atoms with Gasteiger partial charge in [-0.1, -0.05) is 0 Å². The topological polar surface area (TPSA) is 79.2 Å². The predicted molar refractivity (Wildman–Crippen MR) is 113 cm³/mol. The second kappa shape index (κ2) is 8.10. The second-order valence-electron chi connectivity index (χ2n) is 7.38. The smallest absolute Gasteiger partial charge is 0.254 e. The van der Waals surface area contributed by atoms with Gasteiger partial charge in [-0.2, -0.15) is 15.1 Å². The van der Waals surface area contributed by atoms with Crippen LogP contribution in [-0.4, -0.2) is 56.7 Å². The molecule has 1 fully saturated rings. The van der Waals surface area contributed by atoms with Crippen LogP contribution in [0.4, 0.5) is 21.7 Å². The summed E-state index contributed by atoms with van der Waals surface area (Å²) in [5, 5.41) is 7.73. The Kier molecular flexibility index (Phi) is 5.35.